The molecule has 2 aliphatic rings. The van der Waals surface area contributed by atoms with Crippen LogP contribution in [-0.2, 0) is 4.79 Å². The molecule has 0 radical (unpaired) electrons. The van der Waals surface area contributed by atoms with Crippen LogP contribution in [0.15, 0.2) is 0 Å². The molecule has 0 bridgehead atoms. The maximum absolute atomic E-state index is 12.0. The molecule has 98 valence electrons. The number of nitrogens with zero attached hydrogens (tertiary/aromatic N) is 1. The summed E-state index contributed by atoms with van der Waals surface area (Å²) in [6.07, 6.45) is 5.70. The second-order valence-electron chi connectivity index (χ2n) is 5.71. The number of carbonyl (C=O) groups excluding carboxylic acids is 1. The van der Waals surface area contributed by atoms with Crippen LogP contribution in [-0.4, -0.2) is 50.1 Å². The fourth-order valence-corrected chi connectivity index (χ4v) is 2.85. The standard InChI is InChI=1S/C13H25N3O/c1-16(2)13(6-3-7-13)10-15-12(17)11-4-8-14-9-5-11/h11,14H,3-10H2,1-2H3,(H,15,17). The molecule has 1 saturated carbocycles. The van der Waals surface area contributed by atoms with Crippen molar-refractivity contribution in [2.45, 2.75) is 37.6 Å². The lowest BCUT2D eigenvalue weighted by atomic mass is 9.75. The summed E-state index contributed by atoms with van der Waals surface area (Å²) in [5, 5.41) is 6.46. The molecule has 2 rings (SSSR count). The van der Waals surface area contributed by atoms with Gasteiger partial charge < -0.3 is 15.5 Å². The number of likely N-dealkylation sites (N-methyl/N-ethyl adjacent to an activating group) is 1. The molecule has 1 heterocycles. The molecule has 1 saturated heterocycles. The average Bonchev–Trinajstić information content (AvgIpc) is 2.28. The molecule has 1 amide bonds. The van der Waals surface area contributed by atoms with Crippen molar-refractivity contribution < 1.29 is 4.79 Å². The zero-order valence-corrected chi connectivity index (χ0v) is 11.1. The fourth-order valence-electron chi connectivity index (χ4n) is 2.85. The van der Waals surface area contributed by atoms with E-state index < -0.39 is 0 Å². The molecular formula is C13H25N3O. The van der Waals surface area contributed by atoms with Gasteiger partial charge >= 0.3 is 0 Å². The van der Waals surface area contributed by atoms with Crippen LogP contribution in [0.2, 0.25) is 0 Å². The lowest BCUT2D eigenvalue weighted by molar-refractivity contribution is -0.126. The number of hydrogen-bond acceptors (Lipinski definition) is 3. The van der Waals surface area contributed by atoms with E-state index in [4.69, 9.17) is 0 Å². The molecule has 1 aliphatic heterocycles. The highest BCUT2D eigenvalue weighted by Gasteiger charge is 2.39. The number of carbonyl (C=O) groups is 1. The Balaban J connectivity index is 1.78. The summed E-state index contributed by atoms with van der Waals surface area (Å²) in [7, 11) is 4.24. The van der Waals surface area contributed by atoms with Crippen LogP contribution in [0.5, 0.6) is 0 Å². The largest absolute Gasteiger partial charge is 0.354 e. The first kappa shape index (κ1) is 12.8. The van der Waals surface area contributed by atoms with E-state index in [0.29, 0.717) is 0 Å². The molecule has 0 atom stereocenters. The van der Waals surface area contributed by atoms with Crippen LogP contribution in [0.3, 0.4) is 0 Å². The summed E-state index contributed by atoms with van der Waals surface area (Å²) in [5.74, 6) is 0.496. The summed E-state index contributed by atoms with van der Waals surface area (Å²) in [4.78, 5) is 14.3. The van der Waals surface area contributed by atoms with Gasteiger partial charge in [0.25, 0.3) is 0 Å². The monoisotopic (exact) mass is 239 g/mol. The van der Waals surface area contributed by atoms with Crippen molar-refractivity contribution in [2.24, 2.45) is 5.92 Å². The quantitative estimate of drug-likeness (QED) is 0.754. The molecule has 0 spiro atoms. The van der Waals surface area contributed by atoms with Gasteiger partial charge in [-0.15, -0.1) is 0 Å². The van der Waals surface area contributed by atoms with Gasteiger partial charge in [0, 0.05) is 18.0 Å². The number of rotatable bonds is 4. The highest BCUT2D eigenvalue weighted by Crippen LogP contribution is 2.35. The van der Waals surface area contributed by atoms with Crippen molar-refractivity contribution in [2.75, 3.05) is 33.7 Å². The molecule has 2 fully saturated rings. The Kier molecular flexibility index (Phi) is 4.05. The third-order valence-corrected chi connectivity index (χ3v) is 4.53. The molecule has 0 aromatic rings. The van der Waals surface area contributed by atoms with Crippen LogP contribution in [0.1, 0.15) is 32.1 Å². The van der Waals surface area contributed by atoms with Gasteiger partial charge in [0.15, 0.2) is 0 Å². The van der Waals surface area contributed by atoms with Gasteiger partial charge in [0.1, 0.15) is 0 Å². The topological polar surface area (TPSA) is 44.4 Å². The van der Waals surface area contributed by atoms with Gasteiger partial charge in [0.05, 0.1) is 0 Å². The molecule has 2 N–H and O–H groups in total. The number of piperidine rings is 1. The Bertz CT molecular complexity index is 268. The minimum atomic E-state index is 0.232. The van der Waals surface area contributed by atoms with E-state index in [0.717, 1.165) is 32.5 Å². The Morgan fingerprint density at radius 2 is 2.00 bits per heavy atom. The van der Waals surface area contributed by atoms with Crippen molar-refractivity contribution in [3.63, 3.8) is 0 Å². The Morgan fingerprint density at radius 1 is 1.35 bits per heavy atom. The predicted molar refractivity (Wildman–Crippen MR) is 68.9 cm³/mol. The summed E-state index contributed by atoms with van der Waals surface area (Å²) in [6, 6.07) is 0. The van der Waals surface area contributed by atoms with Crippen LogP contribution >= 0.6 is 0 Å². The molecule has 4 heteroatoms. The molecule has 17 heavy (non-hydrogen) atoms. The summed E-state index contributed by atoms with van der Waals surface area (Å²) in [5.41, 5.74) is 0.239. The van der Waals surface area contributed by atoms with E-state index in [1.54, 1.807) is 0 Å². The molecule has 0 aromatic heterocycles. The lowest BCUT2D eigenvalue weighted by Gasteiger charge is -2.47. The van der Waals surface area contributed by atoms with Crippen LogP contribution in [0.4, 0.5) is 0 Å². The SMILES string of the molecule is CN(C)C1(CNC(=O)C2CCNCC2)CCC1. The summed E-state index contributed by atoms with van der Waals surface area (Å²) >= 11 is 0. The highest BCUT2D eigenvalue weighted by molar-refractivity contribution is 5.78. The van der Waals surface area contributed by atoms with E-state index in [1.807, 2.05) is 0 Å². The summed E-state index contributed by atoms with van der Waals surface area (Å²) in [6.45, 7) is 2.79. The second-order valence-corrected chi connectivity index (χ2v) is 5.71. The van der Waals surface area contributed by atoms with Gasteiger partial charge in [-0.05, 0) is 59.3 Å². The third-order valence-electron chi connectivity index (χ3n) is 4.53. The fraction of sp³-hybridized carbons (Fsp3) is 0.923. The van der Waals surface area contributed by atoms with Crippen molar-refractivity contribution in [1.29, 1.82) is 0 Å². The average molecular weight is 239 g/mol. The van der Waals surface area contributed by atoms with Crippen molar-refractivity contribution >= 4 is 5.91 Å². The molecule has 4 nitrogen and oxygen atoms in total. The van der Waals surface area contributed by atoms with E-state index >= 15 is 0 Å². The van der Waals surface area contributed by atoms with Gasteiger partial charge in [-0.3, -0.25) is 4.79 Å². The van der Waals surface area contributed by atoms with Gasteiger partial charge in [-0.25, -0.2) is 0 Å². The van der Waals surface area contributed by atoms with Crippen molar-refractivity contribution in [3.05, 3.63) is 0 Å². The maximum Gasteiger partial charge on any atom is 0.223 e. The number of nitrogens with one attached hydrogen (secondary N) is 2. The minimum Gasteiger partial charge on any atom is -0.354 e. The Morgan fingerprint density at radius 3 is 2.47 bits per heavy atom. The van der Waals surface area contributed by atoms with E-state index in [2.05, 4.69) is 29.6 Å². The lowest BCUT2D eigenvalue weighted by Crippen LogP contribution is -2.57. The summed E-state index contributed by atoms with van der Waals surface area (Å²) < 4.78 is 0. The number of amides is 1. The van der Waals surface area contributed by atoms with E-state index in [-0.39, 0.29) is 17.4 Å². The van der Waals surface area contributed by atoms with E-state index in [1.165, 1.54) is 19.3 Å². The van der Waals surface area contributed by atoms with Gasteiger partial charge in [0.2, 0.25) is 5.91 Å². The first-order chi connectivity index (χ1) is 8.14. The second kappa shape index (κ2) is 5.36. The zero-order chi connectivity index (χ0) is 12.3. The molecule has 0 aromatic carbocycles. The molecule has 1 aliphatic carbocycles. The normalized spacial score (nSPS) is 24.4. The minimum absolute atomic E-state index is 0.232. The van der Waals surface area contributed by atoms with Crippen molar-refractivity contribution in [3.8, 4) is 0 Å². The van der Waals surface area contributed by atoms with Gasteiger partial charge in [-0.2, -0.15) is 0 Å². The Hall–Kier alpha value is -0.610. The number of hydrogen-bond donors (Lipinski definition) is 2. The molecular weight excluding hydrogens is 214 g/mol. The van der Waals surface area contributed by atoms with Gasteiger partial charge in [-0.1, -0.05) is 0 Å². The maximum atomic E-state index is 12.0. The first-order valence-corrected chi connectivity index (χ1v) is 6.80. The third kappa shape index (κ3) is 2.80. The van der Waals surface area contributed by atoms with Crippen LogP contribution in [0.25, 0.3) is 0 Å². The van der Waals surface area contributed by atoms with Crippen LogP contribution in [0, 0.1) is 5.92 Å². The predicted octanol–water partition coefficient (Wildman–Crippen LogP) is 0.586. The molecule has 0 unspecified atom stereocenters. The van der Waals surface area contributed by atoms with Crippen molar-refractivity contribution in [1.82, 2.24) is 15.5 Å². The zero-order valence-electron chi connectivity index (χ0n) is 11.1. The highest BCUT2D eigenvalue weighted by atomic mass is 16.1. The first-order valence-electron chi connectivity index (χ1n) is 6.80. The Labute approximate surface area is 104 Å². The van der Waals surface area contributed by atoms with Crippen LogP contribution < -0.4 is 10.6 Å². The van der Waals surface area contributed by atoms with E-state index in [9.17, 15) is 4.79 Å². The smallest absolute Gasteiger partial charge is 0.223 e.